The van der Waals surface area contributed by atoms with E-state index in [1.807, 2.05) is 36.5 Å². The molecule has 2 aromatic rings. The number of aliphatic imine (C=N–C) groups is 1. The van der Waals surface area contributed by atoms with Crippen LogP contribution in [0.1, 0.15) is 16.7 Å². The third-order valence-electron chi connectivity index (χ3n) is 3.81. The number of amidine groups is 1. The molecule has 25 heavy (non-hydrogen) atoms. The molecular weight excluding hydrogens is 314 g/mol. The van der Waals surface area contributed by atoms with Gasteiger partial charge in [0.25, 0.3) is 0 Å². The lowest BCUT2D eigenvalue weighted by Crippen LogP contribution is -2.21. The topological polar surface area (TPSA) is 66.6 Å². The van der Waals surface area contributed by atoms with E-state index in [9.17, 15) is 0 Å². The van der Waals surface area contributed by atoms with E-state index in [4.69, 9.17) is 14.7 Å². The molecule has 2 aromatic carbocycles. The smallest absolute Gasteiger partial charge is 0.182 e. The number of methoxy groups -OCH3 is 2. The first-order valence-electron chi connectivity index (χ1n) is 8.11. The van der Waals surface area contributed by atoms with Crippen molar-refractivity contribution in [2.75, 3.05) is 20.8 Å². The number of nitriles is 1. The summed E-state index contributed by atoms with van der Waals surface area (Å²) in [6.45, 7) is 2.64. The number of nitrogens with one attached hydrogen (secondary N) is 1. The first kappa shape index (κ1) is 18.3. The van der Waals surface area contributed by atoms with Crippen LogP contribution in [0.5, 0.6) is 11.5 Å². The maximum Gasteiger partial charge on any atom is 0.182 e. The Kier molecular flexibility index (Phi) is 6.85. The minimum Gasteiger partial charge on any atom is -0.493 e. The van der Waals surface area contributed by atoms with Crippen molar-refractivity contribution in [2.45, 2.75) is 19.8 Å². The van der Waals surface area contributed by atoms with Crippen LogP contribution >= 0.6 is 0 Å². The standard InChI is InChI=1S/C20H23N3O2/c1-15-5-4-6-17(11-15)13-20(23-14-21)22-10-9-16-7-8-18(24-2)19(12-16)25-3/h4-8,11-12H,9-10,13H2,1-3H3,(H,22,23). The van der Waals surface area contributed by atoms with Gasteiger partial charge in [-0.25, -0.2) is 0 Å². The van der Waals surface area contributed by atoms with Gasteiger partial charge in [0.05, 0.1) is 14.2 Å². The summed E-state index contributed by atoms with van der Waals surface area (Å²) in [5.41, 5.74) is 3.43. The van der Waals surface area contributed by atoms with E-state index in [1.165, 1.54) is 5.56 Å². The Labute approximate surface area is 148 Å². The normalized spacial score (nSPS) is 10.9. The van der Waals surface area contributed by atoms with Crippen LogP contribution in [-0.4, -0.2) is 26.6 Å². The quantitative estimate of drug-likeness (QED) is 0.364. The van der Waals surface area contributed by atoms with E-state index in [0.717, 1.165) is 17.5 Å². The van der Waals surface area contributed by atoms with E-state index in [0.29, 0.717) is 30.3 Å². The van der Waals surface area contributed by atoms with Crippen molar-refractivity contribution in [1.29, 1.82) is 5.26 Å². The lowest BCUT2D eigenvalue weighted by Gasteiger charge is -2.09. The van der Waals surface area contributed by atoms with Crippen LogP contribution < -0.4 is 14.8 Å². The molecule has 0 aromatic heterocycles. The number of rotatable bonds is 7. The predicted molar refractivity (Wildman–Crippen MR) is 99.2 cm³/mol. The number of aryl methyl sites for hydroxylation is 1. The molecule has 5 nitrogen and oxygen atoms in total. The fourth-order valence-corrected chi connectivity index (χ4v) is 2.58. The molecule has 0 spiro atoms. The first-order chi connectivity index (χ1) is 12.2. The van der Waals surface area contributed by atoms with Gasteiger partial charge in [0, 0.05) is 13.0 Å². The average molecular weight is 337 g/mol. The SMILES string of the molecule is COc1ccc(CCN=C(Cc2cccc(C)c2)NC#N)cc1OC. The molecule has 0 aliphatic heterocycles. The Morgan fingerprint density at radius 1 is 1.08 bits per heavy atom. The number of benzene rings is 2. The molecule has 0 atom stereocenters. The molecule has 0 unspecified atom stereocenters. The minimum atomic E-state index is 0.589. The molecule has 5 heteroatoms. The van der Waals surface area contributed by atoms with Crippen LogP contribution in [0.3, 0.4) is 0 Å². The van der Waals surface area contributed by atoms with Crippen LogP contribution in [0.4, 0.5) is 0 Å². The Hall–Kier alpha value is -3.00. The van der Waals surface area contributed by atoms with Gasteiger partial charge >= 0.3 is 0 Å². The van der Waals surface area contributed by atoms with Gasteiger partial charge < -0.3 is 9.47 Å². The molecule has 0 saturated heterocycles. The van der Waals surface area contributed by atoms with Crippen molar-refractivity contribution in [3.05, 3.63) is 59.2 Å². The first-order valence-corrected chi connectivity index (χ1v) is 8.11. The summed E-state index contributed by atoms with van der Waals surface area (Å²) in [5, 5.41) is 11.6. The highest BCUT2D eigenvalue weighted by Crippen LogP contribution is 2.27. The highest BCUT2D eigenvalue weighted by Gasteiger charge is 2.05. The highest BCUT2D eigenvalue weighted by molar-refractivity contribution is 5.85. The van der Waals surface area contributed by atoms with Crippen molar-refractivity contribution >= 4 is 5.84 Å². The molecule has 0 bridgehead atoms. The summed E-state index contributed by atoms with van der Waals surface area (Å²) in [4.78, 5) is 4.54. The van der Waals surface area contributed by atoms with E-state index in [2.05, 4.69) is 29.4 Å². The minimum absolute atomic E-state index is 0.589. The van der Waals surface area contributed by atoms with E-state index in [1.54, 1.807) is 14.2 Å². The summed E-state index contributed by atoms with van der Waals surface area (Å²) < 4.78 is 10.6. The molecule has 0 amide bonds. The predicted octanol–water partition coefficient (Wildman–Crippen LogP) is 3.27. The molecule has 130 valence electrons. The summed E-state index contributed by atoms with van der Waals surface area (Å²) in [6.07, 6.45) is 3.33. The maximum atomic E-state index is 8.94. The molecule has 0 fully saturated rings. The molecule has 0 aliphatic carbocycles. The average Bonchev–Trinajstić information content (AvgIpc) is 2.61. The zero-order chi connectivity index (χ0) is 18.1. The van der Waals surface area contributed by atoms with Gasteiger partial charge in [-0.05, 0) is 36.6 Å². The summed E-state index contributed by atoms with van der Waals surface area (Å²) in [5.74, 6) is 2.09. The molecule has 0 aliphatic rings. The Morgan fingerprint density at radius 2 is 1.88 bits per heavy atom. The number of nitrogens with zero attached hydrogens (tertiary/aromatic N) is 2. The van der Waals surface area contributed by atoms with E-state index in [-0.39, 0.29) is 0 Å². The van der Waals surface area contributed by atoms with Crippen molar-refractivity contribution in [3.63, 3.8) is 0 Å². The van der Waals surface area contributed by atoms with Gasteiger partial charge in [-0.15, -0.1) is 0 Å². The Bertz CT molecular complexity index is 779. The molecule has 1 N–H and O–H groups in total. The van der Waals surface area contributed by atoms with Crippen LogP contribution in [0.25, 0.3) is 0 Å². The Balaban J connectivity index is 2.03. The van der Waals surface area contributed by atoms with Gasteiger partial charge in [0.1, 0.15) is 5.84 Å². The number of hydrogen-bond acceptors (Lipinski definition) is 4. The number of ether oxygens (including phenoxy) is 2. The second-order valence-electron chi connectivity index (χ2n) is 5.67. The molecule has 2 rings (SSSR count). The Morgan fingerprint density at radius 3 is 2.56 bits per heavy atom. The largest absolute Gasteiger partial charge is 0.493 e. The van der Waals surface area contributed by atoms with Crippen molar-refractivity contribution < 1.29 is 9.47 Å². The fraction of sp³-hybridized carbons (Fsp3) is 0.300. The molecule has 0 saturated carbocycles. The van der Waals surface area contributed by atoms with E-state index < -0.39 is 0 Å². The van der Waals surface area contributed by atoms with Gasteiger partial charge in [-0.1, -0.05) is 35.9 Å². The second kappa shape index (κ2) is 9.33. The molecule has 0 radical (unpaired) electrons. The van der Waals surface area contributed by atoms with Gasteiger partial charge in [-0.2, -0.15) is 5.26 Å². The third-order valence-corrected chi connectivity index (χ3v) is 3.81. The van der Waals surface area contributed by atoms with Gasteiger partial charge in [0.15, 0.2) is 17.7 Å². The van der Waals surface area contributed by atoms with Crippen LogP contribution in [0.15, 0.2) is 47.5 Å². The summed E-state index contributed by atoms with van der Waals surface area (Å²) >= 11 is 0. The van der Waals surface area contributed by atoms with Crippen molar-refractivity contribution in [3.8, 4) is 17.7 Å². The van der Waals surface area contributed by atoms with Gasteiger partial charge in [0.2, 0.25) is 0 Å². The maximum absolute atomic E-state index is 8.94. The summed E-state index contributed by atoms with van der Waals surface area (Å²) in [7, 11) is 3.24. The van der Waals surface area contributed by atoms with Crippen molar-refractivity contribution in [2.24, 2.45) is 4.99 Å². The fourth-order valence-electron chi connectivity index (χ4n) is 2.58. The lowest BCUT2D eigenvalue weighted by atomic mass is 10.1. The summed E-state index contributed by atoms with van der Waals surface area (Å²) in [6, 6.07) is 14.0. The van der Waals surface area contributed by atoms with Crippen LogP contribution in [0.2, 0.25) is 0 Å². The zero-order valence-corrected chi connectivity index (χ0v) is 14.9. The second-order valence-corrected chi connectivity index (χ2v) is 5.67. The van der Waals surface area contributed by atoms with Crippen LogP contribution in [0, 0.1) is 18.4 Å². The highest BCUT2D eigenvalue weighted by atomic mass is 16.5. The van der Waals surface area contributed by atoms with Crippen molar-refractivity contribution in [1.82, 2.24) is 5.32 Å². The monoisotopic (exact) mass is 337 g/mol. The van der Waals surface area contributed by atoms with E-state index >= 15 is 0 Å². The lowest BCUT2D eigenvalue weighted by molar-refractivity contribution is 0.354. The zero-order valence-electron chi connectivity index (χ0n) is 14.9. The molecular formula is C20H23N3O2. The third kappa shape index (κ3) is 5.54. The number of hydrogen-bond donors (Lipinski definition) is 1. The van der Waals surface area contributed by atoms with Gasteiger partial charge in [-0.3, -0.25) is 10.3 Å². The molecule has 0 heterocycles. The van der Waals surface area contributed by atoms with Crippen LogP contribution in [-0.2, 0) is 12.8 Å².